The van der Waals surface area contributed by atoms with Gasteiger partial charge in [0.05, 0.1) is 0 Å². The van der Waals surface area contributed by atoms with Crippen LogP contribution in [0, 0.1) is 13.8 Å². The molecule has 0 aliphatic carbocycles. The lowest BCUT2D eigenvalue weighted by Gasteiger charge is -2.10. The van der Waals surface area contributed by atoms with Crippen LogP contribution in [-0.4, -0.2) is 16.0 Å². The highest BCUT2D eigenvalue weighted by atomic mass is 79.9. The minimum Gasteiger partial charge on any atom is -0.508 e. The van der Waals surface area contributed by atoms with Crippen LogP contribution in [0.1, 0.15) is 21.5 Å². The second-order valence-corrected chi connectivity index (χ2v) is 5.14. The van der Waals surface area contributed by atoms with Gasteiger partial charge >= 0.3 is 0 Å². The molecule has 1 aromatic carbocycles. The molecule has 0 aliphatic heterocycles. The maximum atomic E-state index is 12.2. The number of carbonyl (C=O) groups excluding carboxylic acids is 1. The van der Waals surface area contributed by atoms with Gasteiger partial charge in [0.25, 0.3) is 5.91 Å². The number of carbonyl (C=O) groups is 1. The largest absolute Gasteiger partial charge is 0.508 e. The van der Waals surface area contributed by atoms with Crippen LogP contribution < -0.4 is 5.32 Å². The zero-order chi connectivity index (χ0) is 14.0. The fraction of sp³-hybridized carbons (Fsp3) is 0.143. The number of halogens is 1. The minimum atomic E-state index is -0.286. The molecular formula is C14H13BrN2O2. The summed E-state index contributed by atoms with van der Waals surface area (Å²) in [6.45, 7) is 3.56. The lowest BCUT2D eigenvalue weighted by Crippen LogP contribution is -2.15. The number of benzene rings is 1. The third kappa shape index (κ3) is 2.93. The fourth-order valence-electron chi connectivity index (χ4n) is 1.72. The van der Waals surface area contributed by atoms with Gasteiger partial charge in [-0.3, -0.25) is 4.79 Å². The second kappa shape index (κ2) is 5.40. The van der Waals surface area contributed by atoms with Gasteiger partial charge in [0.1, 0.15) is 11.6 Å². The van der Waals surface area contributed by atoms with E-state index in [-0.39, 0.29) is 11.7 Å². The van der Waals surface area contributed by atoms with Crippen LogP contribution in [0.3, 0.4) is 0 Å². The van der Waals surface area contributed by atoms with Crippen LogP contribution in [-0.2, 0) is 0 Å². The molecule has 0 aliphatic rings. The number of aromatic nitrogens is 1. The van der Waals surface area contributed by atoms with Crippen LogP contribution in [0.2, 0.25) is 0 Å². The van der Waals surface area contributed by atoms with E-state index < -0.39 is 0 Å². The molecule has 0 fully saturated rings. The highest BCUT2D eigenvalue weighted by Crippen LogP contribution is 2.22. The summed E-state index contributed by atoms with van der Waals surface area (Å²) in [5.41, 5.74) is 1.85. The summed E-state index contributed by atoms with van der Waals surface area (Å²) in [7, 11) is 0. The molecule has 4 nitrogen and oxygen atoms in total. The predicted octanol–water partition coefficient (Wildman–Crippen LogP) is 3.42. The number of nitrogens with one attached hydrogen (secondary N) is 1. The Morgan fingerprint density at radius 2 is 2.11 bits per heavy atom. The fourth-order valence-corrected chi connectivity index (χ4v) is 2.16. The molecule has 0 unspecified atom stereocenters. The molecular weight excluding hydrogens is 308 g/mol. The molecule has 0 spiro atoms. The molecule has 1 heterocycles. The Bertz CT molecular complexity index is 641. The lowest BCUT2D eigenvalue weighted by atomic mass is 10.1. The molecule has 2 rings (SSSR count). The SMILES string of the molecule is Cc1cc(Br)cnc1NC(=O)c1cccc(O)c1C. The topological polar surface area (TPSA) is 62.2 Å². The van der Waals surface area contributed by atoms with E-state index in [0.29, 0.717) is 16.9 Å². The maximum absolute atomic E-state index is 12.2. The number of amides is 1. The Morgan fingerprint density at radius 1 is 1.37 bits per heavy atom. The van der Waals surface area contributed by atoms with Crippen molar-refractivity contribution in [3.63, 3.8) is 0 Å². The number of phenolic OH excluding ortho intramolecular Hbond substituents is 1. The quantitative estimate of drug-likeness (QED) is 0.891. The Hall–Kier alpha value is -1.88. The van der Waals surface area contributed by atoms with Gasteiger partial charge < -0.3 is 10.4 Å². The van der Waals surface area contributed by atoms with Gasteiger partial charge in [-0.1, -0.05) is 6.07 Å². The van der Waals surface area contributed by atoms with E-state index in [1.165, 1.54) is 0 Å². The Labute approximate surface area is 119 Å². The number of aromatic hydroxyl groups is 1. The first-order valence-electron chi connectivity index (χ1n) is 5.71. The summed E-state index contributed by atoms with van der Waals surface area (Å²) in [6, 6.07) is 6.73. The summed E-state index contributed by atoms with van der Waals surface area (Å²) >= 11 is 3.32. The lowest BCUT2D eigenvalue weighted by molar-refractivity contribution is 0.102. The Balaban J connectivity index is 2.28. The van der Waals surface area contributed by atoms with E-state index in [1.54, 1.807) is 31.3 Å². The molecule has 0 saturated heterocycles. The number of rotatable bonds is 2. The number of aryl methyl sites for hydroxylation is 1. The van der Waals surface area contributed by atoms with Crippen molar-refractivity contribution in [1.82, 2.24) is 4.98 Å². The van der Waals surface area contributed by atoms with Crippen molar-refractivity contribution in [2.24, 2.45) is 0 Å². The van der Waals surface area contributed by atoms with Crippen molar-refractivity contribution in [3.8, 4) is 5.75 Å². The highest BCUT2D eigenvalue weighted by molar-refractivity contribution is 9.10. The van der Waals surface area contributed by atoms with Crippen molar-refractivity contribution in [2.75, 3.05) is 5.32 Å². The van der Waals surface area contributed by atoms with Crippen LogP contribution in [0.4, 0.5) is 5.82 Å². The standard InChI is InChI=1S/C14H13BrN2O2/c1-8-6-10(15)7-16-13(8)17-14(19)11-4-3-5-12(18)9(11)2/h3-7,18H,1-2H3,(H,16,17,19). The monoisotopic (exact) mass is 320 g/mol. The highest BCUT2D eigenvalue weighted by Gasteiger charge is 2.13. The van der Waals surface area contributed by atoms with Gasteiger partial charge in [0.2, 0.25) is 0 Å². The molecule has 0 saturated carbocycles. The van der Waals surface area contributed by atoms with Gasteiger partial charge in [0, 0.05) is 21.8 Å². The van der Waals surface area contributed by atoms with Crippen LogP contribution in [0.5, 0.6) is 5.75 Å². The van der Waals surface area contributed by atoms with E-state index in [1.807, 2.05) is 13.0 Å². The average molecular weight is 321 g/mol. The smallest absolute Gasteiger partial charge is 0.257 e. The van der Waals surface area contributed by atoms with Gasteiger partial charge in [-0.2, -0.15) is 0 Å². The van der Waals surface area contributed by atoms with Gasteiger partial charge in [-0.05, 0) is 53.5 Å². The number of hydrogen-bond donors (Lipinski definition) is 2. The van der Waals surface area contributed by atoms with Gasteiger partial charge in [0.15, 0.2) is 0 Å². The molecule has 19 heavy (non-hydrogen) atoms. The summed E-state index contributed by atoms with van der Waals surface area (Å²) in [5.74, 6) is 0.329. The van der Waals surface area contributed by atoms with Crippen molar-refractivity contribution in [3.05, 3.63) is 51.6 Å². The zero-order valence-electron chi connectivity index (χ0n) is 10.6. The molecule has 1 aromatic heterocycles. The molecule has 0 bridgehead atoms. The molecule has 98 valence electrons. The molecule has 2 aromatic rings. The van der Waals surface area contributed by atoms with Gasteiger partial charge in [-0.25, -0.2) is 4.98 Å². The molecule has 2 N–H and O–H groups in total. The van der Waals surface area contributed by atoms with Crippen molar-refractivity contribution < 1.29 is 9.90 Å². The summed E-state index contributed by atoms with van der Waals surface area (Å²) < 4.78 is 0.858. The van der Waals surface area contributed by atoms with E-state index in [9.17, 15) is 9.90 Å². The first-order chi connectivity index (χ1) is 8.99. The number of phenols is 1. The van der Waals surface area contributed by atoms with Crippen LogP contribution in [0.25, 0.3) is 0 Å². The first kappa shape index (κ1) is 13.5. The molecule has 0 radical (unpaired) electrons. The van der Waals surface area contributed by atoms with Gasteiger partial charge in [-0.15, -0.1) is 0 Å². The second-order valence-electron chi connectivity index (χ2n) is 4.22. The average Bonchev–Trinajstić information content (AvgIpc) is 2.36. The van der Waals surface area contributed by atoms with E-state index >= 15 is 0 Å². The Kier molecular flexibility index (Phi) is 3.85. The summed E-state index contributed by atoms with van der Waals surface area (Å²) in [6.07, 6.45) is 1.62. The van der Waals surface area contributed by atoms with Crippen molar-refractivity contribution in [1.29, 1.82) is 0 Å². The molecule has 1 amide bonds. The zero-order valence-corrected chi connectivity index (χ0v) is 12.2. The van der Waals surface area contributed by atoms with Crippen LogP contribution >= 0.6 is 15.9 Å². The summed E-state index contributed by atoms with van der Waals surface area (Å²) in [4.78, 5) is 16.3. The molecule has 0 atom stereocenters. The first-order valence-corrected chi connectivity index (χ1v) is 6.50. The third-order valence-electron chi connectivity index (χ3n) is 2.83. The number of nitrogens with zero attached hydrogens (tertiary/aromatic N) is 1. The summed E-state index contributed by atoms with van der Waals surface area (Å²) in [5, 5.41) is 12.3. The van der Waals surface area contributed by atoms with Crippen molar-refractivity contribution in [2.45, 2.75) is 13.8 Å². The van der Waals surface area contributed by atoms with Crippen molar-refractivity contribution >= 4 is 27.7 Å². The Morgan fingerprint density at radius 3 is 2.79 bits per heavy atom. The maximum Gasteiger partial charge on any atom is 0.257 e. The molecule has 5 heteroatoms. The number of hydrogen-bond acceptors (Lipinski definition) is 3. The van der Waals surface area contributed by atoms with E-state index in [4.69, 9.17) is 0 Å². The van der Waals surface area contributed by atoms with E-state index in [2.05, 4.69) is 26.2 Å². The third-order valence-corrected chi connectivity index (χ3v) is 3.26. The van der Waals surface area contributed by atoms with E-state index in [0.717, 1.165) is 10.0 Å². The van der Waals surface area contributed by atoms with Crippen LogP contribution in [0.15, 0.2) is 34.9 Å². The predicted molar refractivity (Wildman–Crippen MR) is 77.5 cm³/mol. The minimum absolute atomic E-state index is 0.105. The normalized spacial score (nSPS) is 10.3. The number of pyridine rings is 1. The number of anilines is 1.